The van der Waals surface area contributed by atoms with Crippen molar-refractivity contribution in [1.29, 1.82) is 0 Å². The lowest BCUT2D eigenvalue weighted by atomic mass is 10.1. The van der Waals surface area contributed by atoms with Gasteiger partial charge in [0.05, 0.1) is 24.3 Å². The Bertz CT molecular complexity index is 655. The molecule has 3 rings (SSSR count). The second kappa shape index (κ2) is 8.11. The molecule has 1 saturated carbocycles. The number of hydrogen-bond donors (Lipinski definition) is 3. The molecule has 1 aliphatic carbocycles. The van der Waals surface area contributed by atoms with Gasteiger partial charge in [-0.1, -0.05) is 25.0 Å². The number of anilines is 1. The van der Waals surface area contributed by atoms with Crippen LogP contribution in [0.1, 0.15) is 36.0 Å². The summed E-state index contributed by atoms with van der Waals surface area (Å²) in [5.74, 6) is -0.452. The van der Waals surface area contributed by atoms with Gasteiger partial charge in [0.15, 0.2) is 0 Å². The second-order valence-corrected chi connectivity index (χ2v) is 6.61. The second-order valence-electron chi connectivity index (χ2n) is 6.61. The van der Waals surface area contributed by atoms with E-state index in [1.54, 1.807) is 29.2 Å². The van der Waals surface area contributed by atoms with Crippen molar-refractivity contribution >= 4 is 23.4 Å². The molecule has 7 heteroatoms. The molecule has 7 nitrogen and oxygen atoms in total. The quantitative estimate of drug-likeness (QED) is 0.734. The third-order valence-electron chi connectivity index (χ3n) is 4.62. The Hall–Kier alpha value is -2.41. The predicted molar refractivity (Wildman–Crippen MR) is 94.2 cm³/mol. The third-order valence-corrected chi connectivity index (χ3v) is 4.62. The van der Waals surface area contributed by atoms with Gasteiger partial charge in [0, 0.05) is 19.1 Å². The molecule has 0 spiro atoms. The van der Waals surface area contributed by atoms with Crippen LogP contribution < -0.4 is 16.0 Å². The first-order chi connectivity index (χ1) is 12.1. The first-order valence-electron chi connectivity index (χ1n) is 8.80. The first-order valence-corrected chi connectivity index (χ1v) is 8.80. The Labute approximate surface area is 147 Å². The summed E-state index contributed by atoms with van der Waals surface area (Å²) in [5, 5.41) is 8.58. The molecule has 1 aromatic carbocycles. The van der Waals surface area contributed by atoms with E-state index in [2.05, 4.69) is 16.0 Å². The summed E-state index contributed by atoms with van der Waals surface area (Å²) in [6.45, 7) is 1.54. The van der Waals surface area contributed by atoms with Crippen LogP contribution in [-0.4, -0.2) is 54.8 Å². The summed E-state index contributed by atoms with van der Waals surface area (Å²) >= 11 is 0. The Morgan fingerprint density at radius 3 is 2.72 bits per heavy atom. The fourth-order valence-corrected chi connectivity index (χ4v) is 3.34. The van der Waals surface area contributed by atoms with Crippen molar-refractivity contribution < 1.29 is 14.4 Å². The van der Waals surface area contributed by atoms with Crippen LogP contribution in [0.4, 0.5) is 5.69 Å². The topological polar surface area (TPSA) is 90.5 Å². The summed E-state index contributed by atoms with van der Waals surface area (Å²) in [7, 11) is 0. The number of carbonyl (C=O) groups is 3. The lowest BCUT2D eigenvalue weighted by Gasteiger charge is -2.25. The van der Waals surface area contributed by atoms with Crippen LogP contribution in [0.3, 0.4) is 0 Å². The van der Waals surface area contributed by atoms with Crippen LogP contribution in [0.25, 0.3) is 0 Å². The van der Waals surface area contributed by atoms with E-state index in [1.807, 2.05) is 0 Å². The third kappa shape index (κ3) is 4.79. The van der Waals surface area contributed by atoms with Crippen molar-refractivity contribution in [3.63, 3.8) is 0 Å². The fraction of sp³-hybridized carbons (Fsp3) is 0.500. The van der Waals surface area contributed by atoms with Crippen LogP contribution in [0, 0.1) is 0 Å². The summed E-state index contributed by atoms with van der Waals surface area (Å²) in [6.07, 6.45) is 4.31. The van der Waals surface area contributed by atoms with Crippen molar-refractivity contribution in [2.24, 2.45) is 0 Å². The number of amides is 3. The van der Waals surface area contributed by atoms with Gasteiger partial charge in [-0.3, -0.25) is 19.3 Å². The van der Waals surface area contributed by atoms with E-state index in [0.717, 1.165) is 25.7 Å². The minimum atomic E-state index is -0.226. The van der Waals surface area contributed by atoms with Crippen molar-refractivity contribution in [1.82, 2.24) is 15.5 Å². The normalized spacial score (nSPS) is 18.6. The van der Waals surface area contributed by atoms with E-state index in [1.165, 1.54) is 0 Å². The maximum atomic E-state index is 12.5. The Morgan fingerprint density at radius 2 is 1.96 bits per heavy atom. The molecule has 0 aromatic heterocycles. The average Bonchev–Trinajstić information content (AvgIpc) is 3.08. The monoisotopic (exact) mass is 344 g/mol. The van der Waals surface area contributed by atoms with Gasteiger partial charge in [0.25, 0.3) is 5.91 Å². The standard InChI is InChI=1S/C18H24N4O3/c23-16-11-22(10-9-19-16)12-17(24)21-15-8-4-3-7-14(15)18(25)20-13-5-1-2-6-13/h3-4,7-8,13H,1-2,5-6,9-12H2,(H,19,23)(H,20,25)(H,21,24). The van der Waals surface area contributed by atoms with E-state index in [4.69, 9.17) is 0 Å². The highest BCUT2D eigenvalue weighted by Gasteiger charge is 2.22. The molecule has 1 aliphatic heterocycles. The zero-order valence-electron chi connectivity index (χ0n) is 14.2. The van der Waals surface area contributed by atoms with Gasteiger partial charge in [0.2, 0.25) is 11.8 Å². The minimum absolute atomic E-state index is 0.0737. The van der Waals surface area contributed by atoms with Gasteiger partial charge in [-0.15, -0.1) is 0 Å². The van der Waals surface area contributed by atoms with E-state index >= 15 is 0 Å². The van der Waals surface area contributed by atoms with E-state index in [9.17, 15) is 14.4 Å². The van der Waals surface area contributed by atoms with Crippen LogP contribution in [0.5, 0.6) is 0 Å². The molecule has 1 heterocycles. The van der Waals surface area contributed by atoms with Crippen molar-refractivity contribution in [2.75, 3.05) is 31.5 Å². The highest BCUT2D eigenvalue weighted by Crippen LogP contribution is 2.20. The molecule has 2 aliphatic rings. The number of benzene rings is 1. The van der Waals surface area contributed by atoms with E-state index in [-0.39, 0.29) is 36.9 Å². The summed E-state index contributed by atoms with van der Waals surface area (Å²) in [5.41, 5.74) is 0.976. The summed E-state index contributed by atoms with van der Waals surface area (Å²) in [6, 6.07) is 7.24. The van der Waals surface area contributed by atoms with Crippen molar-refractivity contribution in [3.05, 3.63) is 29.8 Å². The van der Waals surface area contributed by atoms with Crippen molar-refractivity contribution in [3.8, 4) is 0 Å². The molecule has 25 heavy (non-hydrogen) atoms. The number of piperazine rings is 1. The fourth-order valence-electron chi connectivity index (χ4n) is 3.34. The molecule has 134 valence electrons. The van der Waals surface area contributed by atoms with Gasteiger partial charge in [-0.25, -0.2) is 0 Å². The zero-order chi connectivity index (χ0) is 17.6. The first kappa shape index (κ1) is 17.4. The molecule has 1 aromatic rings. The molecule has 0 radical (unpaired) electrons. The highest BCUT2D eigenvalue weighted by molar-refractivity contribution is 6.04. The minimum Gasteiger partial charge on any atom is -0.354 e. The van der Waals surface area contributed by atoms with Gasteiger partial charge >= 0.3 is 0 Å². The summed E-state index contributed by atoms with van der Waals surface area (Å²) in [4.78, 5) is 38.0. The lowest BCUT2D eigenvalue weighted by Crippen LogP contribution is -2.49. The molecule has 2 fully saturated rings. The maximum absolute atomic E-state index is 12.5. The number of carbonyl (C=O) groups excluding carboxylic acids is 3. The maximum Gasteiger partial charge on any atom is 0.253 e. The molecule has 0 bridgehead atoms. The zero-order valence-corrected chi connectivity index (χ0v) is 14.2. The number of nitrogens with one attached hydrogen (secondary N) is 3. The highest BCUT2D eigenvalue weighted by atomic mass is 16.2. The SMILES string of the molecule is O=C1CN(CC(=O)Nc2ccccc2C(=O)NC2CCCC2)CCN1. The van der Waals surface area contributed by atoms with Crippen LogP contribution in [-0.2, 0) is 9.59 Å². The largest absolute Gasteiger partial charge is 0.354 e. The average molecular weight is 344 g/mol. The molecule has 0 unspecified atom stereocenters. The Morgan fingerprint density at radius 1 is 1.20 bits per heavy atom. The van der Waals surface area contributed by atoms with Gasteiger partial charge in [-0.2, -0.15) is 0 Å². The smallest absolute Gasteiger partial charge is 0.253 e. The number of nitrogens with zero attached hydrogens (tertiary/aromatic N) is 1. The molecule has 3 N–H and O–H groups in total. The predicted octanol–water partition coefficient (Wildman–Crippen LogP) is 0.729. The molecular formula is C18H24N4O3. The van der Waals surface area contributed by atoms with Crippen molar-refractivity contribution in [2.45, 2.75) is 31.7 Å². The molecular weight excluding hydrogens is 320 g/mol. The van der Waals surface area contributed by atoms with E-state index in [0.29, 0.717) is 24.3 Å². The molecule has 3 amide bonds. The lowest BCUT2D eigenvalue weighted by molar-refractivity contribution is -0.125. The molecule has 1 saturated heterocycles. The van der Waals surface area contributed by atoms with Crippen LogP contribution in [0.2, 0.25) is 0 Å². The van der Waals surface area contributed by atoms with Gasteiger partial charge in [-0.05, 0) is 25.0 Å². The summed E-state index contributed by atoms with van der Waals surface area (Å²) < 4.78 is 0. The van der Waals surface area contributed by atoms with Crippen LogP contribution >= 0.6 is 0 Å². The Kier molecular flexibility index (Phi) is 5.65. The van der Waals surface area contributed by atoms with E-state index < -0.39 is 0 Å². The number of hydrogen-bond acceptors (Lipinski definition) is 4. The van der Waals surface area contributed by atoms with Gasteiger partial charge in [0.1, 0.15) is 0 Å². The number of rotatable bonds is 5. The molecule has 0 atom stereocenters. The number of para-hydroxylation sites is 1. The Balaban J connectivity index is 1.60. The van der Waals surface area contributed by atoms with Crippen LogP contribution in [0.15, 0.2) is 24.3 Å². The van der Waals surface area contributed by atoms with Gasteiger partial charge < -0.3 is 16.0 Å².